The first-order valence-electron chi connectivity index (χ1n) is 7.42. The third-order valence-corrected chi connectivity index (χ3v) is 4.93. The highest BCUT2D eigenvalue weighted by Crippen LogP contribution is 2.44. The van der Waals surface area contributed by atoms with Gasteiger partial charge in [-0.2, -0.15) is 0 Å². The van der Waals surface area contributed by atoms with Crippen molar-refractivity contribution in [3.05, 3.63) is 29.8 Å². The molecule has 3 atom stereocenters. The maximum Gasteiger partial charge on any atom is 0.166 e. The molecule has 2 saturated carbocycles. The van der Waals surface area contributed by atoms with Gasteiger partial charge in [0.2, 0.25) is 0 Å². The van der Waals surface area contributed by atoms with Crippen LogP contribution in [0.4, 0.5) is 0 Å². The Morgan fingerprint density at radius 2 is 2.05 bits per heavy atom. The van der Waals surface area contributed by atoms with Gasteiger partial charge in [-0.1, -0.05) is 18.6 Å². The second-order valence-corrected chi connectivity index (χ2v) is 6.36. The fourth-order valence-corrected chi connectivity index (χ4v) is 3.79. The molecule has 108 valence electrons. The predicted molar refractivity (Wildman–Crippen MR) is 84.8 cm³/mol. The molecule has 2 fully saturated rings. The highest BCUT2D eigenvalue weighted by molar-refractivity contribution is 7.80. The molecule has 2 bridgehead atoms. The van der Waals surface area contributed by atoms with Gasteiger partial charge in [0.1, 0.15) is 5.75 Å². The smallest absolute Gasteiger partial charge is 0.166 e. The van der Waals surface area contributed by atoms with E-state index in [0.29, 0.717) is 6.04 Å². The highest BCUT2D eigenvalue weighted by Gasteiger charge is 2.39. The van der Waals surface area contributed by atoms with Crippen LogP contribution in [0.25, 0.3) is 0 Å². The molecule has 0 spiro atoms. The van der Waals surface area contributed by atoms with Gasteiger partial charge in [-0.15, -0.1) is 0 Å². The van der Waals surface area contributed by atoms with Crippen molar-refractivity contribution in [2.24, 2.45) is 11.8 Å². The van der Waals surface area contributed by atoms with Crippen molar-refractivity contribution >= 4 is 17.3 Å². The third-order valence-electron chi connectivity index (χ3n) is 4.67. The van der Waals surface area contributed by atoms with E-state index in [1.54, 1.807) is 7.11 Å². The molecule has 0 radical (unpaired) electrons. The van der Waals surface area contributed by atoms with E-state index in [-0.39, 0.29) is 0 Å². The summed E-state index contributed by atoms with van der Waals surface area (Å²) >= 11 is 5.41. The fraction of sp³-hybridized carbons (Fsp3) is 0.562. The lowest BCUT2D eigenvalue weighted by molar-refractivity contribution is 0.389. The molecule has 0 heterocycles. The van der Waals surface area contributed by atoms with Gasteiger partial charge < -0.3 is 15.4 Å². The van der Waals surface area contributed by atoms with Gasteiger partial charge in [0.15, 0.2) is 5.11 Å². The molecular formula is C16H22N2OS. The van der Waals surface area contributed by atoms with Gasteiger partial charge in [0, 0.05) is 12.6 Å². The third kappa shape index (κ3) is 3.06. The molecule has 3 rings (SSSR count). The number of benzene rings is 1. The zero-order valence-electron chi connectivity index (χ0n) is 11.9. The Kier molecular flexibility index (Phi) is 4.10. The van der Waals surface area contributed by atoms with Crippen molar-refractivity contribution in [3.63, 3.8) is 0 Å². The van der Waals surface area contributed by atoms with E-state index in [2.05, 4.69) is 22.8 Å². The van der Waals surface area contributed by atoms with Gasteiger partial charge in [0.25, 0.3) is 0 Å². The summed E-state index contributed by atoms with van der Waals surface area (Å²) in [6, 6.07) is 8.68. The standard InChI is InChI=1S/C16H22N2OS/c1-19-14-6-3-11(4-7-14)10-17-16(20)18-15-9-12-2-5-13(15)8-12/h3-4,6-7,12-13,15H,2,5,8-10H2,1H3,(H2,17,18,20)/t12-,13+,15-/m0/s1. The van der Waals surface area contributed by atoms with Gasteiger partial charge >= 0.3 is 0 Å². The molecule has 1 aromatic rings. The molecular weight excluding hydrogens is 268 g/mol. The molecule has 0 aliphatic heterocycles. The Labute approximate surface area is 126 Å². The fourth-order valence-electron chi connectivity index (χ4n) is 3.57. The maximum atomic E-state index is 5.41. The van der Waals surface area contributed by atoms with Gasteiger partial charge in [-0.25, -0.2) is 0 Å². The van der Waals surface area contributed by atoms with Crippen LogP contribution in [-0.4, -0.2) is 18.3 Å². The summed E-state index contributed by atoms with van der Waals surface area (Å²) in [6.45, 7) is 0.761. The van der Waals surface area contributed by atoms with E-state index in [1.807, 2.05) is 12.1 Å². The minimum Gasteiger partial charge on any atom is -0.497 e. The lowest BCUT2D eigenvalue weighted by atomic mass is 9.96. The van der Waals surface area contributed by atoms with E-state index >= 15 is 0 Å². The van der Waals surface area contributed by atoms with Crippen LogP contribution in [0.3, 0.4) is 0 Å². The van der Waals surface area contributed by atoms with Crippen molar-refractivity contribution in [1.82, 2.24) is 10.6 Å². The van der Waals surface area contributed by atoms with Crippen LogP contribution >= 0.6 is 12.2 Å². The van der Waals surface area contributed by atoms with E-state index in [1.165, 1.54) is 31.2 Å². The van der Waals surface area contributed by atoms with Gasteiger partial charge in [0.05, 0.1) is 7.11 Å². The molecule has 20 heavy (non-hydrogen) atoms. The van der Waals surface area contributed by atoms with Crippen LogP contribution in [0.1, 0.15) is 31.2 Å². The van der Waals surface area contributed by atoms with Crippen LogP contribution < -0.4 is 15.4 Å². The second kappa shape index (κ2) is 6.00. The summed E-state index contributed by atoms with van der Waals surface area (Å²) in [4.78, 5) is 0. The molecule has 0 saturated heterocycles. The van der Waals surface area contributed by atoms with Crippen molar-refractivity contribution in [1.29, 1.82) is 0 Å². The monoisotopic (exact) mass is 290 g/mol. The minimum absolute atomic E-state index is 0.601. The molecule has 0 amide bonds. The van der Waals surface area contributed by atoms with Crippen LogP contribution in [0.2, 0.25) is 0 Å². The van der Waals surface area contributed by atoms with Crippen molar-refractivity contribution in [3.8, 4) is 5.75 Å². The lowest BCUT2D eigenvalue weighted by Crippen LogP contribution is -2.43. The van der Waals surface area contributed by atoms with E-state index < -0.39 is 0 Å². The first-order valence-corrected chi connectivity index (χ1v) is 7.82. The SMILES string of the molecule is COc1ccc(CNC(=S)N[C@H]2C[C@H]3CC[C@@H]2C3)cc1. The molecule has 1 aromatic carbocycles. The van der Waals surface area contributed by atoms with Crippen LogP contribution in [0.15, 0.2) is 24.3 Å². The number of hydrogen-bond donors (Lipinski definition) is 2. The zero-order valence-corrected chi connectivity index (χ0v) is 12.7. The number of methoxy groups -OCH3 is 1. The van der Waals surface area contributed by atoms with Crippen LogP contribution in [-0.2, 0) is 6.54 Å². The number of rotatable bonds is 4. The zero-order chi connectivity index (χ0) is 13.9. The van der Waals surface area contributed by atoms with Crippen LogP contribution in [0.5, 0.6) is 5.75 Å². The summed E-state index contributed by atoms with van der Waals surface area (Å²) in [7, 11) is 1.68. The summed E-state index contributed by atoms with van der Waals surface area (Å²) in [5, 5.41) is 7.59. The van der Waals surface area contributed by atoms with Crippen molar-refractivity contribution in [2.45, 2.75) is 38.3 Å². The van der Waals surface area contributed by atoms with Crippen molar-refractivity contribution in [2.75, 3.05) is 7.11 Å². The maximum absolute atomic E-state index is 5.41. The Bertz CT molecular complexity index is 474. The Morgan fingerprint density at radius 1 is 1.25 bits per heavy atom. The molecule has 0 aromatic heterocycles. The average Bonchev–Trinajstić information content (AvgIpc) is 3.08. The first-order chi connectivity index (χ1) is 9.74. The molecule has 4 heteroatoms. The topological polar surface area (TPSA) is 33.3 Å². The van der Waals surface area contributed by atoms with E-state index in [0.717, 1.165) is 29.2 Å². The quantitative estimate of drug-likeness (QED) is 0.836. The van der Waals surface area contributed by atoms with Gasteiger partial charge in [-0.05, 0) is 61.0 Å². The first kappa shape index (κ1) is 13.7. The predicted octanol–water partition coefficient (Wildman–Crippen LogP) is 2.85. The summed E-state index contributed by atoms with van der Waals surface area (Å²) < 4.78 is 5.15. The van der Waals surface area contributed by atoms with Gasteiger partial charge in [-0.3, -0.25) is 0 Å². The number of hydrogen-bond acceptors (Lipinski definition) is 2. The molecule has 2 aliphatic rings. The second-order valence-electron chi connectivity index (χ2n) is 5.96. The number of thiocarbonyl (C=S) groups is 1. The van der Waals surface area contributed by atoms with E-state index in [9.17, 15) is 0 Å². The normalized spacial score (nSPS) is 27.4. The average molecular weight is 290 g/mol. The number of nitrogens with one attached hydrogen (secondary N) is 2. The molecule has 3 nitrogen and oxygen atoms in total. The molecule has 0 unspecified atom stereocenters. The lowest BCUT2D eigenvalue weighted by Gasteiger charge is -2.24. The largest absolute Gasteiger partial charge is 0.497 e. The van der Waals surface area contributed by atoms with Crippen molar-refractivity contribution < 1.29 is 4.74 Å². The number of ether oxygens (including phenoxy) is 1. The van der Waals surface area contributed by atoms with E-state index in [4.69, 9.17) is 17.0 Å². The number of fused-ring (bicyclic) bond motifs is 2. The summed E-state index contributed by atoms with van der Waals surface area (Å²) in [5.74, 6) is 2.68. The summed E-state index contributed by atoms with van der Waals surface area (Å²) in [5.41, 5.74) is 1.21. The summed E-state index contributed by atoms with van der Waals surface area (Å²) in [6.07, 6.45) is 5.51. The Morgan fingerprint density at radius 3 is 2.65 bits per heavy atom. The van der Waals surface area contributed by atoms with Crippen LogP contribution in [0, 0.1) is 11.8 Å². The Balaban J connectivity index is 1.44. The highest BCUT2D eigenvalue weighted by atomic mass is 32.1. The molecule has 2 N–H and O–H groups in total. The molecule has 2 aliphatic carbocycles. The Hall–Kier alpha value is -1.29. The minimum atomic E-state index is 0.601.